The lowest BCUT2D eigenvalue weighted by molar-refractivity contribution is 0.0690. The summed E-state index contributed by atoms with van der Waals surface area (Å²) in [6, 6.07) is 2.15. The number of benzene rings is 1. The summed E-state index contributed by atoms with van der Waals surface area (Å²) in [7, 11) is 1.59. The van der Waals surface area contributed by atoms with E-state index in [9.17, 15) is 13.6 Å². The van der Waals surface area contributed by atoms with Gasteiger partial charge in [-0.3, -0.25) is 4.79 Å². The third kappa shape index (κ3) is 2.86. The molecule has 2 N–H and O–H groups in total. The van der Waals surface area contributed by atoms with Gasteiger partial charge < -0.3 is 10.6 Å². The van der Waals surface area contributed by atoms with Crippen molar-refractivity contribution in [2.75, 3.05) is 13.6 Å². The summed E-state index contributed by atoms with van der Waals surface area (Å²) in [5.74, 6) is -2.13. The Kier molecular flexibility index (Phi) is 4.75. The number of hydrogen-bond acceptors (Lipinski definition) is 2. The largest absolute Gasteiger partial charge is 0.338 e. The molecule has 0 aromatic heterocycles. The van der Waals surface area contributed by atoms with Crippen molar-refractivity contribution < 1.29 is 13.6 Å². The summed E-state index contributed by atoms with van der Waals surface area (Å²) in [6.07, 6.45) is 2.75. The SMILES string of the molecule is CN(C(=O)c1c(F)cc(Br)cc1F)C1CCCC1CN. The molecule has 1 aromatic carbocycles. The first-order valence-electron chi connectivity index (χ1n) is 6.57. The topological polar surface area (TPSA) is 46.3 Å². The molecule has 1 aromatic rings. The van der Waals surface area contributed by atoms with Crippen LogP contribution >= 0.6 is 15.9 Å². The van der Waals surface area contributed by atoms with Crippen LogP contribution in [0.25, 0.3) is 0 Å². The number of amides is 1. The van der Waals surface area contributed by atoms with Crippen LogP contribution in [0.2, 0.25) is 0 Å². The molecule has 2 rings (SSSR count). The lowest BCUT2D eigenvalue weighted by atomic mass is 10.0. The number of hydrogen-bond donors (Lipinski definition) is 1. The average molecular weight is 347 g/mol. The summed E-state index contributed by atoms with van der Waals surface area (Å²) < 4.78 is 28.0. The van der Waals surface area contributed by atoms with E-state index in [1.165, 1.54) is 4.90 Å². The fourth-order valence-electron chi connectivity index (χ4n) is 2.88. The van der Waals surface area contributed by atoms with Crippen LogP contribution in [0.4, 0.5) is 8.78 Å². The third-order valence-corrected chi connectivity index (χ3v) is 4.42. The third-order valence-electron chi connectivity index (χ3n) is 3.96. The number of halogens is 3. The Bertz CT molecular complexity index is 501. The molecule has 1 amide bonds. The molecule has 0 radical (unpaired) electrons. The molecule has 0 saturated heterocycles. The molecule has 6 heteroatoms. The molecular formula is C14H17BrF2N2O. The van der Waals surface area contributed by atoms with Crippen LogP contribution in [0.3, 0.4) is 0 Å². The van der Waals surface area contributed by atoms with Crippen LogP contribution < -0.4 is 5.73 Å². The van der Waals surface area contributed by atoms with Gasteiger partial charge in [-0.05, 0) is 37.4 Å². The Balaban J connectivity index is 2.27. The van der Waals surface area contributed by atoms with Gasteiger partial charge in [0.1, 0.15) is 17.2 Å². The molecule has 110 valence electrons. The van der Waals surface area contributed by atoms with Gasteiger partial charge in [0.25, 0.3) is 5.91 Å². The van der Waals surface area contributed by atoms with Crippen molar-refractivity contribution in [1.82, 2.24) is 4.90 Å². The van der Waals surface area contributed by atoms with Crippen molar-refractivity contribution in [2.45, 2.75) is 25.3 Å². The second-order valence-electron chi connectivity index (χ2n) is 5.15. The first-order chi connectivity index (χ1) is 9.45. The lowest BCUT2D eigenvalue weighted by Crippen LogP contribution is -2.42. The van der Waals surface area contributed by atoms with Gasteiger partial charge in [0, 0.05) is 17.6 Å². The highest BCUT2D eigenvalue weighted by Crippen LogP contribution is 2.30. The van der Waals surface area contributed by atoms with E-state index < -0.39 is 23.1 Å². The summed E-state index contributed by atoms with van der Waals surface area (Å²) >= 11 is 3.00. The Labute approximate surface area is 125 Å². The number of rotatable bonds is 3. The fraction of sp³-hybridized carbons (Fsp3) is 0.500. The first-order valence-corrected chi connectivity index (χ1v) is 7.36. The molecule has 2 unspecified atom stereocenters. The Morgan fingerprint density at radius 2 is 2.00 bits per heavy atom. The average Bonchev–Trinajstić information content (AvgIpc) is 2.84. The van der Waals surface area contributed by atoms with Gasteiger partial charge in [-0.25, -0.2) is 8.78 Å². The smallest absolute Gasteiger partial charge is 0.259 e. The van der Waals surface area contributed by atoms with Gasteiger partial charge in [0.2, 0.25) is 0 Å². The van der Waals surface area contributed by atoms with Crippen LogP contribution in [0, 0.1) is 17.6 Å². The number of nitrogens with zero attached hydrogens (tertiary/aromatic N) is 1. The first kappa shape index (κ1) is 15.4. The molecule has 3 nitrogen and oxygen atoms in total. The van der Waals surface area contributed by atoms with E-state index in [-0.39, 0.29) is 16.4 Å². The van der Waals surface area contributed by atoms with E-state index in [0.29, 0.717) is 6.54 Å². The zero-order valence-corrected chi connectivity index (χ0v) is 12.8. The minimum Gasteiger partial charge on any atom is -0.338 e. The van der Waals surface area contributed by atoms with E-state index in [4.69, 9.17) is 5.73 Å². The van der Waals surface area contributed by atoms with Gasteiger partial charge >= 0.3 is 0 Å². The highest BCUT2D eigenvalue weighted by Gasteiger charge is 2.33. The van der Waals surface area contributed by atoms with Crippen LogP contribution in [0.1, 0.15) is 29.6 Å². The monoisotopic (exact) mass is 346 g/mol. The van der Waals surface area contributed by atoms with E-state index in [1.54, 1.807) is 7.05 Å². The second kappa shape index (κ2) is 6.18. The van der Waals surface area contributed by atoms with Crippen molar-refractivity contribution >= 4 is 21.8 Å². The maximum atomic E-state index is 13.8. The fourth-order valence-corrected chi connectivity index (χ4v) is 3.28. The molecule has 1 saturated carbocycles. The number of carbonyl (C=O) groups excluding carboxylic acids is 1. The van der Waals surface area contributed by atoms with Crippen LogP contribution in [-0.4, -0.2) is 30.4 Å². The van der Waals surface area contributed by atoms with Gasteiger partial charge in [-0.2, -0.15) is 0 Å². The normalized spacial score (nSPS) is 22.1. The predicted octanol–water partition coefficient (Wildman–Crippen LogP) is 2.93. The molecule has 20 heavy (non-hydrogen) atoms. The maximum absolute atomic E-state index is 13.8. The van der Waals surface area contributed by atoms with Crippen LogP contribution in [-0.2, 0) is 0 Å². The molecule has 0 heterocycles. The van der Waals surface area contributed by atoms with Crippen molar-refractivity contribution in [2.24, 2.45) is 11.7 Å². The van der Waals surface area contributed by atoms with Gasteiger partial charge in [-0.15, -0.1) is 0 Å². The maximum Gasteiger partial charge on any atom is 0.259 e. The summed E-state index contributed by atoms with van der Waals surface area (Å²) in [5, 5.41) is 0. The highest BCUT2D eigenvalue weighted by molar-refractivity contribution is 9.10. The molecule has 1 aliphatic carbocycles. The zero-order valence-electron chi connectivity index (χ0n) is 11.2. The summed E-state index contributed by atoms with van der Waals surface area (Å²) in [6.45, 7) is 0.480. The molecule has 1 aliphatic rings. The van der Waals surface area contributed by atoms with Crippen LogP contribution in [0.15, 0.2) is 16.6 Å². The molecular weight excluding hydrogens is 330 g/mol. The standard InChI is InChI=1S/C14H17BrF2N2O/c1-19(12-4-2-3-8(12)7-18)14(20)13-10(16)5-9(15)6-11(13)17/h5-6,8,12H,2-4,7,18H2,1H3. The molecule has 1 fully saturated rings. The molecule has 0 spiro atoms. The zero-order chi connectivity index (χ0) is 14.9. The Hall–Kier alpha value is -1.01. The summed E-state index contributed by atoms with van der Waals surface area (Å²) in [5.41, 5.74) is 5.19. The van der Waals surface area contributed by atoms with Crippen LogP contribution in [0.5, 0.6) is 0 Å². The molecule has 0 bridgehead atoms. The van der Waals surface area contributed by atoms with Gasteiger partial charge in [0.05, 0.1) is 0 Å². The van der Waals surface area contributed by atoms with Crippen molar-refractivity contribution in [3.8, 4) is 0 Å². The lowest BCUT2D eigenvalue weighted by Gasteiger charge is -2.29. The van der Waals surface area contributed by atoms with Crippen molar-refractivity contribution in [3.63, 3.8) is 0 Å². The van der Waals surface area contributed by atoms with Gasteiger partial charge in [0.15, 0.2) is 0 Å². The van der Waals surface area contributed by atoms with E-state index in [2.05, 4.69) is 15.9 Å². The number of nitrogens with two attached hydrogens (primary N) is 1. The summed E-state index contributed by atoms with van der Waals surface area (Å²) in [4.78, 5) is 13.8. The second-order valence-corrected chi connectivity index (χ2v) is 6.07. The Morgan fingerprint density at radius 3 is 2.55 bits per heavy atom. The van der Waals surface area contributed by atoms with Crippen molar-refractivity contribution in [1.29, 1.82) is 0 Å². The quantitative estimate of drug-likeness (QED) is 0.914. The van der Waals surface area contributed by atoms with E-state index in [0.717, 1.165) is 31.4 Å². The van der Waals surface area contributed by atoms with E-state index >= 15 is 0 Å². The number of carbonyl (C=O) groups is 1. The highest BCUT2D eigenvalue weighted by atomic mass is 79.9. The minimum absolute atomic E-state index is 0.0463. The van der Waals surface area contributed by atoms with Gasteiger partial charge in [-0.1, -0.05) is 22.4 Å². The van der Waals surface area contributed by atoms with Crippen molar-refractivity contribution in [3.05, 3.63) is 33.8 Å². The Morgan fingerprint density at radius 1 is 1.40 bits per heavy atom. The van der Waals surface area contributed by atoms with E-state index in [1.807, 2.05) is 0 Å². The minimum atomic E-state index is -0.851. The molecule has 2 atom stereocenters. The molecule has 0 aliphatic heterocycles. The predicted molar refractivity (Wildman–Crippen MR) is 76.3 cm³/mol.